The highest BCUT2D eigenvalue weighted by molar-refractivity contribution is 5.83. The number of fused-ring (bicyclic) bond motifs is 1. The monoisotopic (exact) mass is 286 g/mol. The molecule has 0 bridgehead atoms. The topological polar surface area (TPSA) is 32.3 Å². The minimum atomic E-state index is -0.225. The first-order chi connectivity index (χ1) is 10.2. The van der Waals surface area contributed by atoms with E-state index in [2.05, 4.69) is 11.4 Å². The summed E-state index contributed by atoms with van der Waals surface area (Å²) >= 11 is 0. The Morgan fingerprint density at radius 2 is 2.05 bits per heavy atom. The van der Waals surface area contributed by atoms with Gasteiger partial charge in [-0.1, -0.05) is 25.1 Å². The molecular weight excluding hydrogens is 267 g/mol. The molecule has 21 heavy (non-hydrogen) atoms. The van der Waals surface area contributed by atoms with Crippen LogP contribution in [0.1, 0.15) is 24.9 Å². The fraction of sp³-hybridized carbons (Fsp3) is 0.353. The first kappa shape index (κ1) is 14.0. The summed E-state index contributed by atoms with van der Waals surface area (Å²) < 4.78 is 13.2. The van der Waals surface area contributed by atoms with Crippen LogP contribution in [0.3, 0.4) is 0 Å². The predicted octanol–water partition coefficient (Wildman–Crippen LogP) is 2.86. The van der Waals surface area contributed by atoms with Gasteiger partial charge >= 0.3 is 0 Å². The summed E-state index contributed by atoms with van der Waals surface area (Å²) in [5.74, 6) is -0.0435. The third-order valence-electron chi connectivity index (χ3n) is 4.08. The molecule has 0 saturated carbocycles. The van der Waals surface area contributed by atoms with E-state index in [4.69, 9.17) is 0 Å². The molecule has 0 aromatic heterocycles. The number of hydrogen-bond acceptors (Lipinski definition) is 2. The van der Waals surface area contributed by atoms with Crippen LogP contribution in [0.5, 0.6) is 0 Å². The van der Waals surface area contributed by atoms with Crippen molar-refractivity contribution >= 4 is 16.7 Å². The molecule has 4 heteroatoms. The Morgan fingerprint density at radius 1 is 1.29 bits per heavy atom. The van der Waals surface area contributed by atoms with Gasteiger partial charge in [0.25, 0.3) is 0 Å². The average Bonchev–Trinajstić information content (AvgIpc) is 2.53. The zero-order valence-corrected chi connectivity index (χ0v) is 12.1. The third-order valence-corrected chi connectivity index (χ3v) is 4.08. The van der Waals surface area contributed by atoms with Gasteiger partial charge in [0.2, 0.25) is 5.91 Å². The summed E-state index contributed by atoms with van der Waals surface area (Å²) in [4.78, 5) is 14.1. The Morgan fingerprint density at radius 3 is 2.86 bits per heavy atom. The Kier molecular flexibility index (Phi) is 3.88. The van der Waals surface area contributed by atoms with Gasteiger partial charge in [-0.15, -0.1) is 0 Å². The van der Waals surface area contributed by atoms with Crippen LogP contribution in [-0.2, 0) is 4.79 Å². The molecule has 0 aliphatic carbocycles. The summed E-state index contributed by atoms with van der Waals surface area (Å²) in [5, 5.41) is 5.23. The zero-order chi connectivity index (χ0) is 14.8. The van der Waals surface area contributed by atoms with Gasteiger partial charge in [0.15, 0.2) is 0 Å². The van der Waals surface area contributed by atoms with Gasteiger partial charge in [-0.3, -0.25) is 4.79 Å². The van der Waals surface area contributed by atoms with Crippen LogP contribution in [0.4, 0.5) is 4.39 Å². The highest BCUT2D eigenvalue weighted by Gasteiger charge is 2.26. The van der Waals surface area contributed by atoms with Gasteiger partial charge in [0, 0.05) is 26.1 Å². The second-order valence-electron chi connectivity index (χ2n) is 5.41. The molecule has 3 rings (SSSR count). The molecule has 2 aromatic carbocycles. The molecular formula is C17H19FN2O. The van der Waals surface area contributed by atoms with Crippen molar-refractivity contribution in [3.8, 4) is 0 Å². The number of carbonyl (C=O) groups is 1. The van der Waals surface area contributed by atoms with E-state index in [0.717, 1.165) is 36.0 Å². The molecule has 1 saturated heterocycles. The molecule has 1 N–H and O–H groups in total. The fourth-order valence-electron chi connectivity index (χ4n) is 2.95. The van der Waals surface area contributed by atoms with E-state index < -0.39 is 0 Å². The number of nitrogens with zero attached hydrogens (tertiary/aromatic N) is 1. The lowest BCUT2D eigenvalue weighted by Gasteiger charge is -2.36. The van der Waals surface area contributed by atoms with Crippen LogP contribution in [-0.4, -0.2) is 30.4 Å². The Balaban J connectivity index is 1.97. The number of nitrogens with one attached hydrogen (secondary N) is 1. The van der Waals surface area contributed by atoms with Crippen molar-refractivity contribution in [2.24, 2.45) is 0 Å². The number of benzene rings is 2. The minimum Gasteiger partial charge on any atom is -0.333 e. The van der Waals surface area contributed by atoms with Crippen molar-refractivity contribution in [2.45, 2.75) is 19.4 Å². The molecule has 0 radical (unpaired) electrons. The van der Waals surface area contributed by atoms with Crippen molar-refractivity contribution in [1.29, 1.82) is 0 Å². The normalized spacial score (nSPS) is 19.0. The zero-order valence-electron chi connectivity index (χ0n) is 12.1. The number of hydrogen-bond donors (Lipinski definition) is 1. The Bertz CT molecular complexity index is 671. The molecule has 1 aliphatic heterocycles. The molecule has 3 nitrogen and oxygen atoms in total. The Labute approximate surface area is 123 Å². The van der Waals surface area contributed by atoms with E-state index in [1.807, 2.05) is 24.0 Å². The first-order valence-electron chi connectivity index (χ1n) is 7.38. The molecule has 110 valence electrons. The Hall–Kier alpha value is -1.94. The third kappa shape index (κ3) is 2.76. The van der Waals surface area contributed by atoms with Gasteiger partial charge in [0.05, 0.1) is 6.04 Å². The summed E-state index contributed by atoms with van der Waals surface area (Å²) in [6.07, 6.45) is 0.523. The molecule has 1 aliphatic rings. The van der Waals surface area contributed by atoms with Gasteiger partial charge in [-0.25, -0.2) is 4.39 Å². The molecule has 0 spiro atoms. The van der Waals surface area contributed by atoms with E-state index in [0.29, 0.717) is 6.42 Å². The fourth-order valence-corrected chi connectivity index (χ4v) is 2.95. The highest BCUT2D eigenvalue weighted by atomic mass is 19.1. The summed E-state index contributed by atoms with van der Waals surface area (Å²) in [7, 11) is 0. The van der Waals surface area contributed by atoms with Crippen LogP contribution in [0.25, 0.3) is 10.8 Å². The standard InChI is InChI=1S/C17H19FN2O/c1-2-17(21)20-8-7-19-11-16(20)14-4-3-13-10-15(18)6-5-12(13)9-14/h3-6,9-10,16,19H,2,7-8,11H2,1H3. The van der Waals surface area contributed by atoms with Gasteiger partial charge in [-0.2, -0.15) is 0 Å². The van der Waals surface area contributed by atoms with Crippen molar-refractivity contribution in [2.75, 3.05) is 19.6 Å². The maximum absolute atomic E-state index is 13.2. The van der Waals surface area contributed by atoms with Crippen LogP contribution in [0.2, 0.25) is 0 Å². The largest absolute Gasteiger partial charge is 0.333 e. The lowest BCUT2D eigenvalue weighted by Crippen LogP contribution is -2.48. The number of halogens is 1. The molecule has 1 amide bonds. The second kappa shape index (κ2) is 5.82. The van der Waals surface area contributed by atoms with E-state index >= 15 is 0 Å². The van der Waals surface area contributed by atoms with Gasteiger partial charge in [0.1, 0.15) is 5.82 Å². The van der Waals surface area contributed by atoms with E-state index in [9.17, 15) is 9.18 Å². The maximum Gasteiger partial charge on any atom is 0.222 e. The number of amides is 1. The van der Waals surface area contributed by atoms with Crippen LogP contribution >= 0.6 is 0 Å². The van der Waals surface area contributed by atoms with Gasteiger partial charge < -0.3 is 10.2 Å². The number of piperazine rings is 1. The SMILES string of the molecule is CCC(=O)N1CCNCC1c1ccc2cc(F)ccc2c1. The molecule has 1 fully saturated rings. The predicted molar refractivity (Wildman–Crippen MR) is 81.5 cm³/mol. The molecule has 1 atom stereocenters. The number of carbonyl (C=O) groups excluding carboxylic acids is 1. The maximum atomic E-state index is 13.2. The first-order valence-corrected chi connectivity index (χ1v) is 7.38. The van der Waals surface area contributed by atoms with Crippen molar-refractivity contribution in [1.82, 2.24) is 10.2 Å². The van der Waals surface area contributed by atoms with E-state index in [1.54, 1.807) is 6.07 Å². The van der Waals surface area contributed by atoms with Crippen molar-refractivity contribution in [3.63, 3.8) is 0 Å². The van der Waals surface area contributed by atoms with Crippen LogP contribution < -0.4 is 5.32 Å². The number of rotatable bonds is 2. The van der Waals surface area contributed by atoms with Crippen LogP contribution in [0, 0.1) is 5.82 Å². The summed E-state index contributed by atoms with van der Waals surface area (Å²) in [5.41, 5.74) is 1.10. The van der Waals surface area contributed by atoms with E-state index in [1.165, 1.54) is 12.1 Å². The highest BCUT2D eigenvalue weighted by Crippen LogP contribution is 2.26. The lowest BCUT2D eigenvalue weighted by molar-refractivity contribution is -0.134. The van der Waals surface area contributed by atoms with Gasteiger partial charge in [-0.05, 0) is 34.5 Å². The van der Waals surface area contributed by atoms with Crippen molar-refractivity contribution < 1.29 is 9.18 Å². The molecule has 1 heterocycles. The molecule has 1 unspecified atom stereocenters. The van der Waals surface area contributed by atoms with E-state index in [-0.39, 0.29) is 17.8 Å². The summed E-state index contributed by atoms with van der Waals surface area (Å²) in [6.45, 7) is 4.23. The summed E-state index contributed by atoms with van der Waals surface area (Å²) in [6, 6.07) is 10.8. The smallest absolute Gasteiger partial charge is 0.222 e. The molecule has 2 aromatic rings. The van der Waals surface area contributed by atoms with Crippen LogP contribution in [0.15, 0.2) is 36.4 Å². The second-order valence-corrected chi connectivity index (χ2v) is 5.41. The average molecular weight is 286 g/mol. The quantitative estimate of drug-likeness (QED) is 0.920. The lowest BCUT2D eigenvalue weighted by atomic mass is 9.99. The van der Waals surface area contributed by atoms with Crippen molar-refractivity contribution in [3.05, 3.63) is 47.8 Å². The minimum absolute atomic E-state index is 0.0562.